The molecule has 1 N–H and O–H groups in total. The SMILES string of the molecule is COc1cc([C@@H]2COC(=O)N2)ccc1F.Cl. The molecule has 1 atom stereocenters. The Labute approximate surface area is 98.1 Å². The summed E-state index contributed by atoms with van der Waals surface area (Å²) in [6.07, 6.45) is -0.455. The number of cyclic esters (lactones) is 1. The lowest BCUT2D eigenvalue weighted by atomic mass is 10.1. The van der Waals surface area contributed by atoms with Crippen molar-refractivity contribution in [2.24, 2.45) is 0 Å². The summed E-state index contributed by atoms with van der Waals surface area (Å²) in [6, 6.07) is 4.22. The Balaban J connectivity index is 0.00000128. The maximum absolute atomic E-state index is 13.1. The molecule has 1 amide bonds. The van der Waals surface area contributed by atoms with Crippen LogP contribution in [0.1, 0.15) is 11.6 Å². The van der Waals surface area contributed by atoms with Crippen molar-refractivity contribution in [3.63, 3.8) is 0 Å². The van der Waals surface area contributed by atoms with Gasteiger partial charge in [0.2, 0.25) is 0 Å². The van der Waals surface area contributed by atoms with Crippen molar-refractivity contribution in [2.75, 3.05) is 13.7 Å². The minimum absolute atomic E-state index is 0. The lowest BCUT2D eigenvalue weighted by Crippen LogP contribution is -2.18. The molecule has 1 aliphatic heterocycles. The summed E-state index contributed by atoms with van der Waals surface area (Å²) in [4.78, 5) is 10.8. The molecule has 0 bridgehead atoms. The molecule has 1 aliphatic rings. The summed E-state index contributed by atoms with van der Waals surface area (Å²) in [6.45, 7) is 0.258. The van der Waals surface area contributed by atoms with E-state index in [1.54, 1.807) is 12.1 Å². The van der Waals surface area contributed by atoms with Gasteiger partial charge in [-0.05, 0) is 17.7 Å². The Morgan fingerprint density at radius 3 is 2.88 bits per heavy atom. The van der Waals surface area contributed by atoms with Crippen molar-refractivity contribution in [3.05, 3.63) is 29.6 Å². The molecule has 0 radical (unpaired) electrons. The van der Waals surface area contributed by atoms with Gasteiger partial charge in [-0.3, -0.25) is 0 Å². The van der Waals surface area contributed by atoms with Crippen LogP contribution in [0, 0.1) is 5.82 Å². The van der Waals surface area contributed by atoms with Crippen LogP contribution < -0.4 is 10.1 Å². The molecule has 0 aliphatic carbocycles. The number of rotatable bonds is 2. The van der Waals surface area contributed by atoms with Gasteiger partial charge in [-0.2, -0.15) is 0 Å². The van der Waals surface area contributed by atoms with Crippen LogP contribution in [0.3, 0.4) is 0 Å². The molecule has 0 saturated carbocycles. The van der Waals surface area contributed by atoms with Gasteiger partial charge in [0.05, 0.1) is 13.2 Å². The number of alkyl carbamates (subject to hydrolysis) is 1. The summed E-state index contributed by atoms with van der Waals surface area (Å²) >= 11 is 0. The number of benzene rings is 1. The number of amides is 1. The molecule has 2 rings (SSSR count). The molecule has 1 heterocycles. The second-order valence-corrected chi connectivity index (χ2v) is 3.19. The fraction of sp³-hybridized carbons (Fsp3) is 0.300. The Morgan fingerprint density at radius 1 is 1.56 bits per heavy atom. The minimum Gasteiger partial charge on any atom is -0.494 e. The van der Waals surface area contributed by atoms with E-state index in [9.17, 15) is 9.18 Å². The van der Waals surface area contributed by atoms with Crippen LogP contribution in [0.2, 0.25) is 0 Å². The second kappa shape index (κ2) is 5.03. The highest BCUT2D eigenvalue weighted by Gasteiger charge is 2.24. The molecule has 1 fully saturated rings. The van der Waals surface area contributed by atoms with Gasteiger partial charge in [-0.1, -0.05) is 6.07 Å². The number of ether oxygens (including phenoxy) is 2. The molecular formula is C10H11ClFNO3. The molecule has 1 aromatic carbocycles. The van der Waals surface area contributed by atoms with Crippen LogP contribution >= 0.6 is 12.4 Å². The molecular weight excluding hydrogens is 237 g/mol. The first-order valence-corrected chi connectivity index (χ1v) is 4.47. The summed E-state index contributed by atoms with van der Waals surface area (Å²) in [5, 5.41) is 2.60. The molecule has 0 spiro atoms. The Kier molecular flexibility index (Phi) is 3.95. The lowest BCUT2D eigenvalue weighted by molar-refractivity contribution is 0.177. The van der Waals surface area contributed by atoms with E-state index < -0.39 is 11.9 Å². The van der Waals surface area contributed by atoms with Crippen LogP contribution in [0.5, 0.6) is 5.75 Å². The average Bonchev–Trinajstić information content (AvgIpc) is 2.66. The molecule has 88 valence electrons. The first-order chi connectivity index (χ1) is 7.20. The van der Waals surface area contributed by atoms with Gasteiger partial charge in [0, 0.05) is 0 Å². The molecule has 0 aromatic heterocycles. The third kappa shape index (κ3) is 2.36. The summed E-state index contributed by atoms with van der Waals surface area (Å²) in [5.41, 5.74) is 0.763. The van der Waals surface area contributed by atoms with E-state index in [1.165, 1.54) is 13.2 Å². The number of hydrogen-bond acceptors (Lipinski definition) is 3. The van der Waals surface area contributed by atoms with Gasteiger partial charge < -0.3 is 14.8 Å². The van der Waals surface area contributed by atoms with Crippen molar-refractivity contribution in [1.29, 1.82) is 0 Å². The van der Waals surface area contributed by atoms with Crippen LogP contribution in [0.25, 0.3) is 0 Å². The van der Waals surface area contributed by atoms with Crippen molar-refractivity contribution < 1.29 is 18.7 Å². The topological polar surface area (TPSA) is 47.6 Å². The zero-order valence-electron chi connectivity index (χ0n) is 8.53. The maximum atomic E-state index is 13.1. The number of carbonyl (C=O) groups excluding carboxylic acids is 1. The van der Waals surface area contributed by atoms with E-state index in [2.05, 4.69) is 5.32 Å². The van der Waals surface area contributed by atoms with E-state index in [4.69, 9.17) is 9.47 Å². The fourth-order valence-electron chi connectivity index (χ4n) is 1.46. The van der Waals surface area contributed by atoms with Gasteiger partial charge >= 0.3 is 6.09 Å². The van der Waals surface area contributed by atoms with E-state index in [1.807, 2.05) is 0 Å². The number of halogens is 2. The average molecular weight is 248 g/mol. The lowest BCUT2D eigenvalue weighted by Gasteiger charge is -2.09. The van der Waals surface area contributed by atoms with Gasteiger partial charge in [0.15, 0.2) is 11.6 Å². The monoisotopic (exact) mass is 247 g/mol. The first kappa shape index (κ1) is 12.6. The smallest absolute Gasteiger partial charge is 0.407 e. The third-order valence-electron chi connectivity index (χ3n) is 2.25. The van der Waals surface area contributed by atoms with Crippen LogP contribution in [0.4, 0.5) is 9.18 Å². The first-order valence-electron chi connectivity index (χ1n) is 4.47. The summed E-state index contributed by atoms with van der Waals surface area (Å²) in [5.74, 6) is -0.264. The minimum atomic E-state index is -0.455. The van der Waals surface area contributed by atoms with Gasteiger partial charge in [-0.15, -0.1) is 12.4 Å². The van der Waals surface area contributed by atoms with Gasteiger partial charge in [0.1, 0.15) is 6.61 Å². The Morgan fingerprint density at radius 2 is 2.31 bits per heavy atom. The quantitative estimate of drug-likeness (QED) is 0.870. The third-order valence-corrected chi connectivity index (χ3v) is 2.25. The molecule has 1 aromatic rings. The molecule has 0 unspecified atom stereocenters. The highest BCUT2D eigenvalue weighted by Crippen LogP contribution is 2.24. The normalized spacial score (nSPS) is 18.4. The fourth-order valence-corrected chi connectivity index (χ4v) is 1.46. The standard InChI is InChI=1S/C10H10FNO3.ClH/c1-14-9-4-6(2-3-7(9)11)8-5-15-10(13)12-8;/h2-4,8H,5H2,1H3,(H,12,13);1H/t8-;/m0./s1. The summed E-state index contributed by atoms with van der Waals surface area (Å²) in [7, 11) is 1.39. The van der Waals surface area contributed by atoms with Gasteiger partial charge in [0.25, 0.3) is 0 Å². The van der Waals surface area contributed by atoms with Crippen LogP contribution in [-0.4, -0.2) is 19.8 Å². The van der Waals surface area contributed by atoms with Crippen molar-refractivity contribution in [1.82, 2.24) is 5.32 Å². The molecule has 4 nitrogen and oxygen atoms in total. The predicted octanol–water partition coefficient (Wildman–Crippen LogP) is 2.04. The highest BCUT2D eigenvalue weighted by molar-refractivity contribution is 5.85. The van der Waals surface area contributed by atoms with E-state index in [-0.39, 0.29) is 30.8 Å². The van der Waals surface area contributed by atoms with Crippen LogP contribution in [0.15, 0.2) is 18.2 Å². The van der Waals surface area contributed by atoms with Crippen molar-refractivity contribution in [2.45, 2.75) is 6.04 Å². The van der Waals surface area contributed by atoms with E-state index in [0.717, 1.165) is 5.56 Å². The van der Waals surface area contributed by atoms with Crippen molar-refractivity contribution in [3.8, 4) is 5.75 Å². The van der Waals surface area contributed by atoms with Gasteiger partial charge in [-0.25, -0.2) is 9.18 Å². The number of methoxy groups -OCH3 is 1. The predicted molar refractivity (Wildman–Crippen MR) is 57.4 cm³/mol. The zero-order chi connectivity index (χ0) is 10.8. The number of hydrogen-bond donors (Lipinski definition) is 1. The largest absolute Gasteiger partial charge is 0.494 e. The number of carbonyl (C=O) groups is 1. The van der Waals surface area contributed by atoms with E-state index >= 15 is 0 Å². The number of nitrogens with one attached hydrogen (secondary N) is 1. The van der Waals surface area contributed by atoms with E-state index in [0.29, 0.717) is 0 Å². The Bertz CT molecular complexity index is 400. The molecule has 6 heteroatoms. The summed E-state index contributed by atoms with van der Waals surface area (Å²) < 4.78 is 22.7. The maximum Gasteiger partial charge on any atom is 0.407 e. The zero-order valence-corrected chi connectivity index (χ0v) is 9.34. The molecule has 16 heavy (non-hydrogen) atoms. The van der Waals surface area contributed by atoms with Crippen molar-refractivity contribution >= 4 is 18.5 Å². The molecule has 1 saturated heterocycles. The highest BCUT2D eigenvalue weighted by atomic mass is 35.5. The Hall–Kier alpha value is -1.49. The van der Waals surface area contributed by atoms with Crippen LogP contribution in [-0.2, 0) is 4.74 Å². The second-order valence-electron chi connectivity index (χ2n) is 3.19.